The Balaban J connectivity index is 1.71. The number of hydrogen-bond acceptors (Lipinski definition) is 6. The SMILES string of the molecule is Cc1cc(-c2noc(CNC(=O)c3ccccc3C(F)(F)F)n2)no1. The summed E-state index contributed by atoms with van der Waals surface area (Å²) in [6, 6.07) is 6.08. The van der Waals surface area contributed by atoms with Gasteiger partial charge in [0.15, 0.2) is 5.69 Å². The molecule has 0 aliphatic carbocycles. The summed E-state index contributed by atoms with van der Waals surface area (Å²) in [5, 5.41) is 9.69. The molecule has 2 aromatic heterocycles. The first-order valence-corrected chi connectivity index (χ1v) is 7.05. The van der Waals surface area contributed by atoms with Gasteiger partial charge in [0.1, 0.15) is 5.76 Å². The first-order valence-electron chi connectivity index (χ1n) is 7.05. The molecule has 0 saturated carbocycles. The molecular weight excluding hydrogens is 341 g/mol. The fraction of sp³-hybridized carbons (Fsp3) is 0.200. The van der Waals surface area contributed by atoms with E-state index >= 15 is 0 Å². The molecule has 10 heteroatoms. The maximum absolute atomic E-state index is 12.9. The second kappa shape index (κ2) is 6.38. The number of amides is 1. The van der Waals surface area contributed by atoms with E-state index < -0.39 is 23.2 Å². The second-order valence-electron chi connectivity index (χ2n) is 5.06. The summed E-state index contributed by atoms with van der Waals surface area (Å²) in [6.45, 7) is 1.46. The predicted octanol–water partition coefficient (Wildman–Crippen LogP) is 2.98. The van der Waals surface area contributed by atoms with Crippen molar-refractivity contribution in [2.75, 3.05) is 0 Å². The maximum Gasteiger partial charge on any atom is 0.417 e. The molecular formula is C15H11F3N4O3. The molecule has 7 nitrogen and oxygen atoms in total. The molecule has 2 heterocycles. The lowest BCUT2D eigenvalue weighted by Crippen LogP contribution is -2.26. The number of aromatic nitrogens is 3. The number of alkyl halides is 3. The summed E-state index contributed by atoms with van der Waals surface area (Å²) >= 11 is 0. The van der Waals surface area contributed by atoms with Crippen LogP contribution < -0.4 is 5.32 Å². The standard InChI is InChI=1S/C15H11F3N4O3/c1-8-6-11(21-24-8)13-20-12(25-22-13)7-19-14(23)9-4-2-3-5-10(9)15(16,17)18/h2-6H,7H2,1H3,(H,19,23). The average Bonchev–Trinajstić information content (AvgIpc) is 3.20. The molecule has 0 spiro atoms. The van der Waals surface area contributed by atoms with Crippen LogP contribution >= 0.6 is 0 Å². The Morgan fingerprint density at radius 3 is 2.64 bits per heavy atom. The van der Waals surface area contributed by atoms with Crippen molar-refractivity contribution in [3.8, 4) is 11.5 Å². The summed E-state index contributed by atoms with van der Waals surface area (Å²) < 4.78 is 48.6. The number of carbonyl (C=O) groups excluding carboxylic acids is 1. The van der Waals surface area contributed by atoms with E-state index in [2.05, 4.69) is 20.6 Å². The van der Waals surface area contributed by atoms with Crippen molar-refractivity contribution in [3.63, 3.8) is 0 Å². The van der Waals surface area contributed by atoms with Crippen LogP contribution in [-0.4, -0.2) is 21.2 Å². The Labute approximate surface area is 138 Å². The lowest BCUT2D eigenvalue weighted by Gasteiger charge is -2.11. The van der Waals surface area contributed by atoms with Crippen molar-refractivity contribution in [1.29, 1.82) is 0 Å². The number of hydrogen-bond donors (Lipinski definition) is 1. The van der Waals surface area contributed by atoms with Crippen LogP contribution in [0, 0.1) is 6.92 Å². The number of nitrogens with one attached hydrogen (secondary N) is 1. The van der Waals surface area contributed by atoms with Crippen LogP contribution in [0.1, 0.15) is 27.6 Å². The molecule has 1 N–H and O–H groups in total. The van der Waals surface area contributed by atoms with Crippen molar-refractivity contribution in [3.05, 3.63) is 53.1 Å². The van der Waals surface area contributed by atoms with Crippen LogP contribution in [0.15, 0.2) is 39.4 Å². The van der Waals surface area contributed by atoms with Gasteiger partial charge in [0.05, 0.1) is 17.7 Å². The van der Waals surface area contributed by atoms with E-state index in [4.69, 9.17) is 9.05 Å². The highest BCUT2D eigenvalue weighted by Gasteiger charge is 2.34. The van der Waals surface area contributed by atoms with E-state index in [9.17, 15) is 18.0 Å². The smallest absolute Gasteiger partial charge is 0.361 e. The minimum absolute atomic E-state index is 0.0218. The molecule has 25 heavy (non-hydrogen) atoms. The van der Waals surface area contributed by atoms with Gasteiger partial charge in [-0.1, -0.05) is 22.4 Å². The number of rotatable bonds is 4. The van der Waals surface area contributed by atoms with E-state index in [-0.39, 0.29) is 18.3 Å². The number of nitrogens with zero attached hydrogens (tertiary/aromatic N) is 3. The molecule has 0 atom stereocenters. The predicted molar refractivity (Wildman–Crippen MR) is 77.1 cm³/mol. The number of benzene rings is 1. The first kappa shape index (κ1) is 16.7. The normalized spacial score (nSPS) is 11.5. The summed E-state index contributed by atoms with van der Waals surface area (Å²) in [6.07, 6.45) is -4.63. The van der Waals surface area contributed by atoms with E-state index in [1.54, 1.807) is 13.0 Å². The summed E-state index contributed by atoms with van der Waals surface area (Å²) in [4.78, 5) is 16.0. The van der Waals surface area contributed by atoms with Crippen LogP contribution in [0.3, 0.4) is 0 Å². The number of carbonyl (C=O) groups is 1. The molecule has 3 aromatic rings. The van der Waals surface area contributed by atoms with E-state index in [1.807, 2.05) is 0 Å². The first-order chi connectivity index (χ1) is 11.8. The molecule has 0 aliphatic heterocycles. The Morgan fingerprint density at radius 1 is 1.20 bits per heavy atom. The zero-order valence-corrected chi connectivity index (χ0v) is 12.8. The van der Waals surface area contributed by atoms with Crippen molar-refractivity contribution in [2.24, 2.45) is 0 Å². The topological polar surface area (TPSA) is 94.1 Å². The van der Waals surface area contributed by atoms with Gasteiger partial charge in [-0.2, -0.15) is 18.2 Å². The van der Waals surface area contributed by atoms with Gasteiger partial charge in [0, 0.05) is 6.07 Å². The molecule has 0 fully saturated rings. The Kier molecular flexibility index (Phi) is 4.26. The van der Waals surface area contributed by atoms with Gasteiger partial charge < -0.3 is 14.4 Å². The summed E-state index contributed by atoms with van der Waals surface area (Å²) in [7, 11) is 0. The van der Waals surface area contributed by atoms with Crippen LogP contribution in [0.2, 0.25) is 0 Å². The average molecular weight is 352 g/mol. The van der Waals surface area contributed by atoms with Crippen LogP contribution in [0.5, 0.6) is 0 Å². The molecule has 3 rings (SSSR count). The van der Waals surface area contributed by atoms with Crippen molar-refractivity contribution in [1.82, 2.24) is 20.6 Å². The monoisotopic (exact) mass is 352 g/mol. The van der Waals surface area contributed by atoms with Crippen LogP contribution in [-0.2, 0) is 12.7 Å². The minimum atomic E-state index is -4.63. The van der Waals surface area contributed by atoms with Crippen LogP contribution in [0.25, 0.3) is 11.5 Å². The highest BCUT2D eigenvalue weighted by molar-refractivity contribution is 5.95. The summed E-state index contributed by atoms with van der Waals surface area (Å²) in [5.74, 6) is -0.173. The maximum atomic E-state index is 12.9. The largest absolute Gasteiger partial charge is 0.417 e. The molecule has 0 aliphatic rings. The Morgan fingerprint density at radius 2 is 1.96 bits per heavy atom. The summed E-state index contributed by atoms with van der Waals surface area (Å²) in [5.41, 5.74) is -1.15. The molecule has 0 radical (unpaired) electrons. The number of aryl methyl sites for hydroxylation is 1. The van der Waals surface area contributed by atoms with E-state index in [0.29, 0.717) is 11.5 Å². The molecule has 0 saturated heterocycles. The van der Waals surface area contributed by atoms with Gasteiger partial charge >= 0.3 is 6.18 Å². The fourth-order valence-corrected chi connectivity index (χ4v) is 2.08. The molecule has 130 valence electrons. The minimum Gasteiger partial charge on any atom is -0.361 e. The quantitative estimate of drug-likeness (QED) is 0.776. The van der Waals surface area contributed by atoms with Gasteiger partial charge in [-0.25, -0.2) is 0 Å². The van der Waals surface area contributed by atoms with Crippen molar-refractivity contribution >= 4 is 5.91 Å². The third kappa shape index (κ3) is 3.67. The van der Waals surface area contributed by atoms with E-state index in [0.717, 1.165) is 12.1 Å². The zero-order chi connectivity index (χ0) is 18.0. The number of halogens is 3. The van der Waals surface area contributed by atoms with Gasteiger partial charge in [-0.15, -0.1) is 0 Å². The van der Waals surface area contributed by atoms with Crippen molar-refractivity contribution < 1.29 is 27.0 Å². The Hall–Kier alpha value is -3.17. The highest BCUT2D eigenvalue weighted by atomic mass is 19.4. The lowest BCUT2D eigenvalue weighted by molar-refractivity contribution is -0.137. The fourth-order valence-electron chi connectivity index (χ4n) is 2.08. The second-order valence-corrected chi connectivity index (χ2v) is 5.06. The van der Waals surface area contributed by atoms with Crippen molar-refractivity contribution in [2.45, 2.75) is 19.6 Å². The molecule has 1 amide bonds. The van der Waals surface area contributed by atoms with Crippen LogP contribution in [0.4, 0.5) is 13.2 Å². The third-order valence-corrected chi connectivity index (χ3v) is 3.20. The van der Waals surface area contributed by atoms with Gasteiger partial charge in [-0.05, 0) is 19.1 Å². The van der Waals surface area contributed by atoms with Gasteiger partial charge in [-0.3, -0.25) is 4.79 Å². The zero-order valence-electron chi connectivity index (χ0n) is 12.8. The van der Waals surface area contributed by atoms with E-state index in [1.165, 1.54) is 12.1 Å². The molecule has 1 aromatic carbocycles. The molecule has 0 bridgehead atoms. The lowest BCUT2D eigenvalue weighted by atomic mass is 10.1. The molecule has 0 unspecified atom stereocenters. The Bertz CT molecular complexity index is 901. The van der Waals surface area contributed by atoms with Gasteiger partial charge in [0.25, 0.3) is 5.91 Å². The third-order valence-electron chi connectivity index (χ3n) is 3.20. The van der Waals surface area contributed by atoms with Gasteiger partial charge in [0.2, 0.25) is 11.7 Å². The highest BCUT2D eigenvalue weighted by Crippen LogP contribution is 2.31.